The minimum Gasteiger partial charge on any atom is -0.497 e. The Morgan fingerprint density at radius 1 is 1.41 bits per heavy atom. The molecule has 94 valence electrons. The highest BCUT2D eigenvalue weighted by Crippen LogP contribution is 2.32. The van der Waals surface area contributed by atoms with Crippen LogP contribution in [0, 0.1) is 5.92 Å². The largest absolute Gasteiger partial charge is 0.497 e. The average molecular weight is 298 g/mol. The van der Waals surface area contributed by atoms with Gasteiger partial charge < -0.3 is 10.1 Å². The van der Waals surface area contributed by atoms with Gasteiger partial charge in [-0.3, -0.25) is 0 Å². The highest BCUT2D eigenvalue weighted by Gasteiger charge is 2.19. The summed E-state index contributed by atoms with van der Waals surface area (Å²) in [5.41, 5.74) is 1.13. The molecule has 3 heteroatoms. The van der Waals surface area contributed by atoms with Crippen LogP contribution in [0.25, 0.3) is 0 Å². The van der Waals surface area contributed by atoms with Crippen molar-refractivity contribution in [1.29, 1.82) is 0 Å². The lowest BCUT2D eigenvalue weighted by Gasteiger charge is -2.29. The van der Waals surface area contributed by atoms with Crippen LogP contribution in [0.3, 0.4) is 0 Å². The molecule has 17 heavy (non-hydrogen) atoms. The van der Waals surface area contributed by atoms with Crippen LogP contribution in [-0.2, 0) is 0 Å². The summed E-state index contributed by atoms with van der Waals surface area (Å²) in [6.07, 6.45) is 5.51. The zero-order chi connectivity index (χ0) is 12.3. The summed E-state index contributed by atoms with van der Waals surface area (Å²) in [4.78, 5) is 0. The molecule has 1 aromatic rings. The summed E-state index contributed by atoms with van der Waals surface area (Å²) in [7, 11) is 1.70. The minimum atomic E-state index is 0.527. The van der Waals surface area contributed by atoms with Crippen molar-refractivity contribution in [2.75, 3.05) is 12.4 Å². The van der Waals surface area contributed by atoms with Gasteiger partial charge in [0.15, 0.2) is 0 Å². The smallest absolute Gasteiger partial charge is 0.122 e. The second kappa shape index (κ2) is 5.76. The third-order valence-corrected chi connectivity index (χ3v) is 3.89. The lowest BCUT2D eigenvalue weighted by Crippen LogP contribution is -2.23. The first kappa shape index (κ1) is 12.7. The molecule has 0 spiro atoms. The van der Waals surface area contributed by atoms with Crippen molar-refractivity contribution < 1.29 is 4.74 Å². The Hall–Kier alpha value is -0.700. The van der Waals surface area contributed by atoms with Gasteiger partial charge in [-0.25, -0.2) is 0 Å². The molecule has 0 radical (unpaired) electrons. The van der Waals surface area contributed by atoms with Gasteiger partial charge in [-0.05, 0) is 31.4 Å². The lowest BCUT2D eigenvalue weighted by molar-refractivity contribution is 0.286. The van der Waals surface area contributed by atoms with Crippen LogP contribution in [0.4, 0.5) is 5.69 Å². The molecule has 1 aromatic carbocycles. The summed E-state index contributed by atoms with van der Waals surface area (Å²) in [5, 5.41) is 3.55. The van der Waals surface area contributed by atoms with E-state index in [1.165, 1.54) is 25.7 Å². The molecule has 0 bridgehead atoms. The first-order valence-corrected chi connectivity index (χ1v) is 7.08. The van der Waals surface area contributed by atoms with Crippen LogP contribution in [0.15, 0.2) is 22.7 Å². The molecule has 1 N–H and O–H groups in total. The molecule has 0 amide bonds. The number of benzene rings is 1. The van der Waals surface area contributed by atoms with Gasteiger partial charge in [-0.2, -0.15) is 0 Å². The van der Waals surface area contributed by atoms with Crippen molar-refractivity contribution in [1.82, 2.24) is 0 Å². The van der Waals surface area contributed by atoms with Crippen LogP contribution in [0.5, 0.6) is 5.75 Å². The van der Waals surface area contributed by atoms with Gasteiger partial charge in [-0.15, -0.1) is 0 Å². The number of nitrogens with one attached hydrogen (secondary N) is 1. The number of hydrogen-bond acceptors (Lipinski definition) is 2. The van der Waals surface area contributed by atoms with Gasteiger partial charge in [0, 0.05) is 22.3 Å². The molecule has 2 rings (SSSR count). The molecule has 1 unspecified atom stereocenters. The second-order valence-electron chi connectivity index (χ2n) is 4.96. The van der Waals surface area contributed by atoms with E-state index in [0.29, 0.717) is 6.04 Å². The van der Waals surface area contributed by atoms with Crippen molar-refractivity contribution in [3.8, 4) is 5.75 Å². The molecule has 0 aliphatic heterocycles. The molecule has 1 aliphatic carbocycles. The van der Waals surface area contributed by atoms with Gasteiger partial charge in [0.2, 0.25) is 0 Å². The third-order valence-electron chi connectivity index (χ3n) is 3.43. The fraction of sp³-hybridized carbons (Fsp3) is 0.571. The van der Waals surface area contributed by atoms with Crippen LogP contribution < -0.4 is 10.1 Å². The summed E-state index contributed by atoms with van der Waals surface area (Å²) >= 11 is 3.50. The molecule has 1 atom stereocenters. The molecule has 1 aliphatic rings. The van der Waals surface area contributed by atoms with Crippen molar-refractivity contribution in [2.45, 2.75) is 38.6 Å². The molecule has 0 heterocycles. The number of halogens is 1. The highest BCUT2D eigenvalue weighted by molar-refractivity contribution is 9.10. The Morgan fingerprint density at radius 3 is 2.76 bits per heavy atom. The number of anilines is 1. The van der Waals surface area contributed by atoms with E-state index in [1.807, 2.05) is 12.1 Å². The second-order valence-corrected chi connectivity index (χ2v) is 5.87. The van der Waals surface area contributed by atoms with Crippen molar-refractivity contribution in [3.05, 3.63) is 22.7 Å². The average Bonchev–Trinajstić information content (AvgIpc) is 2.22. The number of methoxy groups -OCH3 is 1. The molecule has 0 aromatic heterocycles. The Kier molecular flexibility index (Phi) is 4.32. The molecule has 0 saturated heterocycles. The maximum Gasteiger partial charge on any atom is 0.122 e. The van der Waals surface area contributed by atoms with Crippen LogP contribution in [0.2, 0.25) is 0 Å². The van der Waals surface area contributed by atoms with E-state index in [2.05, 4.69) is 34.2 Å². The molecular formula is C14H20BrNO. The first-order chi connectivity index (χ1) is 8.17. The van der Waals surface area contributed by atoms with Crippen molar-refractivity contribution in [2.24, 2.45) is 5.92 Å². The first-order valence-electron chi connectivity index (χ1n) is 6.28. The van der Waals surface area contributed by atoms with Crippen LogP contribution in [0.1, 0.15) is 32.6 Å². The molecule has 1 fully saturated rings. The maximum absolute atomic E-state index is 5.26. The van der Waals surface area contributed by atoms with Gasteiger partial charge in [0.1, 0.15) is 5.75 Å². The summed E-state index contributed by atoms with van der Waals surface area (Å²) in [6, 6.07) is 6.64. The fourth-order valence-electron chi connectivity index (χ4n) is 2.34. The zero-order valence-corrected chi connectivity index (χ0v) is 12.1. The van der Waals surface area contributed by atoms with E-state index in [4.69, 9.17) is 4.74 Å². The zero-order valence-electron chi connectivity index (χ0n) is 10.5. The topological polar surface area (TPSA) is 21.3 Å². The van der Waals surface area contributed by atoms with Gasteiger partial charge in [0.25, 0.3) is 0 Å². The van der Waals surface area contributed by atoms with E-state index in [9.17, 15) is 0 Å². The Bertz CT molecular complexity index is 376. The SMILES string of the molecule is COc1cc(Br)cc(NC(C)CC2CCC2)c1. The standard InChI is InChI=1S/C14H20BrNO/c1-10(6-11-4-3-5-11)16-13-7-12(15)8-14(9-13)17-2/h7-11,16H,3-6H2,1-2H3. The van der Waals surface area contributed by atoms with Crippen molar-refractivity contribution in [3.63, 3.8) is 0 Å². The van der Waals surface area contributed by atoms with Gasteiger partial charge >= 0.3 is 0 Å². The fourth-order valence-corrected chi connectivity index (χ4v) is 2.81. The predicted molar refractivity (Wildman–Crippen MR) is 75.7 cm³/mol. The quantitative estimate of drug-likeness (QED) is 0.867. The normalized spacial score (nSPS) is 17.4. The van der Waals surface area contributed by atoms with E-state index in [-0.39, 0.29) is 0 Å². The number of rotatable bonds is 5. The number of hydrogen-bond donors (Lipinski definition) is 1. The molecular weight excluding hydrogens is 278 g/mol. The van der Waals surface area contributed by atoms with Crippen LogP contribution in [-0.4, -0.2) is 13.2 Å². The van der Waals surface area contributed by atoms with Crippen LogP contribution >= 0.6 is 15.9 Å². The Morgan fingerprint density at radius 2 is 2.18 bits per heavy atom. The summed E-state index contributed by atoms with van der Waals surface area (Å²) < 4.78 is 6.31. The maximum atomic E-state index is 5.26. The van der Waals surface area contributed by atoms with Crippen molar-refractivity contribution >= 4 is 21.6 Å². The predicted octanol–water partition coefficient (Wildman–Crippen LogP) is 4.45. The van der Waals surface area contributed by atoms with E-state index in [1.54, 1.807) is 7.11 Å². The lowest BCUT2D eigenvalue weighted by atomic mass is 9.81. The van der Waals surface area contributed by atoms with E-state index in [0.717, 1.165) is 21.8 Å². The van der Waals surface area contributed by atoms with Gasteiger partial charge in [0.05, 0.1) is 7.11 Å². The van der Waals surface area contributed by atoms with Gasteiger partial charge in [-0.1, -0.05) is 35.2 Å². The van der Waals surface area contributed by atoms with E-state index < -0.39 is 0 Å². The Balaban J connectivity index is 1.94. The number of ether oxygens (including phenoxy) is 1. The Labute approximate surface area is 112 Å². The summed E-state index contributed by atoms with van der Waals surface area (Å²) in [5.74, 6) is 1.82. The highest BCUT2D eigenvalue weighted by atomic mass is 79.9. The summed E-state index contributed by atoms with van der Waals surface area (Å²) in [6.45, 7) is 2.26. The molecule has 2 nitrogen and oxygen atoms in total. The molecule has 1 saturated carbocycles. The minimum absolute atomic E-state index is 0.527. The monoisotopic (exact) mass is 297 g/mol. The van der Waals surface area contributed by atoms with E-state index >= 15 is 0 Å². The third kappa shape index (κ3) is 3.63.